The Bertz CT molecular complexity index is 1040. The number of nitrogens with zero attached hydrogens (tertiary/aromatic N) is 3. The summed E-state index contributed by atoms with van der Waals surface area (Å²) < 4.78 is 28.9. The van der Waals surface area contributed by atoms with Crippen molar-refractivity contribution in [2.24, 2.45) is 17.8 Å². The first-order chi connectivity index (χ1) is 17.8. The van der Waals surface area contributed by atoms with Crippen molar-refractivity contribution in [3.63, 3.8) is 0 Å². The lowest BCUT2D eigenvalue weighted by atomic mass is 9.86. The van der Waals surface area contributed by atoms with Crippen LogP contribution in [0.4, 0.5) is 8.78 Å². The Balaban J connectivity index is 1.19. The Morgan fingerprint density at radius 3 is 2.62 bits per heavy atom. The van der Waals surface area contributed by atoms with Crippen LogP contribution in [0.1, 0.15) is 67.0 Å². The maximum atomic E-state index is 14.5. The molecular weight excluding hydrogens is 492 g/mol. The first kappa shape index (κ1) is 26.7. The zero-order valence-corrected chi connectivity index (χ0v) is 22.5. The predicted octanol–water partition coefficient (Wildman–Crippen LogP) is 6.00. The number of aliphatic carboxylic acids is 1. The van der Waals surface area contributed by atoms with Crippen LogP contribution in [0, 0.1) is 24.7 Å². The maximum absolute atomic E-state index is 14.5. The number of alkyl halides is 2. The molecule has 2 aromatic rings. The molecule has 0 amide bonds. The number of aryl methyl sites for hydroxylation is 1. The SMILES string of the molecule is Cc1cccc([C@H]2CN([C@H](CC3CC3)C(=O)O)C[C@@H]2CN2CCC(CCC(F)(F)c3nccs3)CC2)c1. The van der Waals surface area contributed by atoms with Gasteiger partial charge in [-0.2, -0.15) is 8.78 Å². The third-order valence-electron chi connectivity index (χ3n) is 8.73. The minimum absolute atomic E-state index is 0.0701. The smallest absolute Gasteiger partial charge is 0.320 e. The molecule has 3 heterocycles. The lowest BCUT2D eigenvalue weighted by Gasteiger charge is -2.35. The third kappa shape index (κ3) is 6.76. The van der Waals surface area contributed by atoms with E-state index in [9.17, 15) is 18.7 Å². The molecule has 5 nitrogen and oxygen atoms in total. The number of hydrogen-bond acceptors (Lipinski definition) is 5. The Morgan fingerprint density at radius 1 is 1.19 bits per heavy atom. The number of thiazole rings is 1. The molecular formula is C29H39F2N3O2S. The summed E-state index contributed by atoms with van der Waals surface area (Å²) in [7, 11) is 0. The molecule has 0 spiro atoms. The average molecular weight is 532 g/mol. The number of rotatable bonds is 11. The van der Waals surface area contributed by atoms with Crippen LogP contribution in [0.15, 0.2) is 35.8 Å². The van der Waals surface area contributed by atoms with Crippen LogP contribution in [-0.4, -0.2) is 64.6 Å². The molecule has 1 aromatic heterocycles. The fourth-order valence-corrected chi connectivity index (χ4v) is 7.03. The number of halogens is 2. The third-order valence-corrected chi connectivity index (χ3v) is 9.62. The summed E-state index contributed by atoms with van der Waals surface area (Å²) in [5, 5.41) is 11.5. The number of carboxylic acid groups (broad SMARTS) is 1. The molecule has 5 rings (SSSR count). The van der Waals surface area contributed by atoms with Crippen LogP contribution in [0.3, 0.4) is 0 Å². The monoisotopic (exact) mass is 531 g/mol. The summed E-state index contributed by atoms with van der Waals surface area (Å²) >= 11 is 1.03. The minimum Gasteiger partial charge on any atom is -0.480 e. The Labute approximate surface area is 222 Å². The quantitative estimate of drug-likeness (QED) is 0.385. The highest BCUT2D eigenvalue weighted by Crippen LogP contribution is 2.40. The van der Waals surface area contributed by atoms with E-state index < -0.39 is 17.9 Å². The van der Waals surface area contributed by atoms with E-state index in [1.54, 1.807) is 5.38 Å². The second-order valence-corrected chi connectivity index (χ2v) is 12.5. The zero-order valence-electron chi connectivity index (χ0n) is 21.7. The number of hydrogen-bond donors (Lipinski definition) is 1. The Kier molecular flexibility index (Phi) is 8.27. The molecule has 0 bridgehead atoms. The van der Waals surface area contributed by atoms with Gasteiger partial charge in [0, 0.05) is 43.5 Å². The number of likely N-dealkylation sites (tertiary alicyclic amines) is 2. The van der Waals surface area contributed by atoms with E-state index in [1.165, 1.54) is 17.3 Å². The van der Waals surface area contributed by atoms with E-state index in [-0.39, 0.29) is 11.4 Å². The highest BCUT2D eigenvalue weighted by Gasteiger charge is 2.42. The summed E-state index contributed by atoms with van der Waals surface area (Å²) in [6, 6.07) is 8.28. The van der Waals surface area contributed by atoms with Crippen molar-refractivity contribution < 1.29 is 18.7 Å². The van der Waals surface area contributed by atoms with Crippen molar-refractivity contribution in [1.82, 2.24) is 14.8 Å². The topological polar surface area (TPSA) is 56.7 Å². The van der Waals surface area contributed by atoms with Crippen LogP contribution in [-0.2, 0) is 10.7 Å². The standard InChI is InChI=1S/C29H39F2N3O2S/c1-20-3-2-4-23(15-20)25-19-34(26(27(35)36)16-22-5-6-22)18-24(25)17-33-12-8-21(9-13-33)7-10-29(30,31)28-32-11-14-37-28/h2-4,11,14-15,21-22,24-26H,5-10,12-13,16-19H2,1H3,(H,35,36)/t24-,25+,26+/m0/s1. The second kappa shape index (κ2) is 11.5. The number of benzene rings is 1. The van der Waals surface area contributed by atoms with Gasteiger partial charge in [-0.05, 0) is 69.0 Å². The number of carboxylic acids is 1. The van der Waals surface area contributed by atoms with E-state index >= 15 is 0 Å². The van der Waals surface area contributed by atoms with E-state index in [0.717, 1.165) is 76.2 Å². The molecule has 37 heavy (non-hydrogen) atoms. The molecule has 8 heteroatoms. The maximum Gasteiger partial charge on any atom is 0.320 e. The number of aromatic nitrogens is 1. The first-order valence-electron chi connectivity index (χ1n) is 13.8. The van der Waals surface area contributed by atoms with Crippen molar-refractivity contribution in [2.75, 3.05) is 32.7 Å². The normalized spacial score (nSPS) is 24.9. The summed E-state index contributed by atoms with van der Waals surface area (Å²) in [5.41, 5.74) is 2.54. The van der Waals surface area contributed by atoms with Gasteiger partial charge < -0.3 is 10.0 Å². The molecule has 1 aliphatic carbocycles. The average Bonchev–Trinajstić information content (AvgIpc) is 3.34. The van der Waals surface area contributed by atoms with Crippen LogP contribution in [0.2, 0.25) is 0 Å². The van der Waals surface area contributed by atoms with Crippen LogP contribution in [0.25, 0.3) is 0 Å². The molecule has 1 saturated carbocycles. The molecule has 3 atom stereocenters. The van der Waals surface area contributed by atoms with Gasteiger partial charge in [-0.3, -0.25) is 9.69 Å². The van der Waals surface area contributed by atoms with Crippen LogP contribution >= 0.6 is 11.3 Å². The molecule has 1 N–H and O–H groups in total. The van der Waals surface area contributed by atoms with Gasteiger partial charge in [0.1, 0.15) is 6.04 Å². The highest BCUT2D eigenvalue weighted by molar-refractivity contribution is 7.09. The molecule has 0 unspecified atom stereocenters. The van der Waals surface area contributed by atoms with Gasteiger partial charge in [0.2, 0.25) is 0 Å². The van der Waals surface area contributed by atoms with Crippen LogP contribution in [0.5, 0.6) is 0 Å². The molecule has 3 fully saturated rings. The highest BCUT2D eigenvalue weighted by atomic mass is 32.1. The number of carbonyl (C=O) groups is 1. The first-order valence-corrected chi connectivity index (χ1v) is 14.7. The van der Waals surface area contributed by atoms with Crippen molar-refractivity contribution in [2.45, 2.75) is 69.8 Å². The lowest BCUT2D eigenvalue weighted by Crippen LogP contribution is -2.42. The fraction of sp³-hybridized carbons (Fsp3) is 0.655. The van der Waals surface area contributed by atoms with E-state index in [2.05, 4.69) is 46.0 Å². The van der Waals surface area contributed by atoms with Gasteiger partial charge in [0.05, 0.1) is 0 Å². The van der Waals surface area contributed by atoms with E-state index in [1.807, 2.05) is 0 Å². The van der Waals surface area contributed by atoms with Crippen molar-refractivity contribution >= 4 is 17.3 Å². The summed E-state index contributed by atoms with van der Waals surface area (Å²) in [4.78, 5) is 20.7. The molecule has 202 valence electrons. The van der Waals surface area contributed by atoms with Gasteiger partial charge in [0.25, 0.3) is 5.92 Å². The van der Waals surface area contributed by atoms with Gasteiger partial charge in [-0.1, -0.05) is 42.7 Å². The van der Waals surface area contributed by atoms with Crippen molar-refractivity contribution in [1.29, 1.82) is 0 Å². The van der Waals surface area contributed by atoms with E-state index in [4.69, 9.17) is 0 Å². The van der Waals surface area contributed by atoms with Gasteiger partial charge >= 0.3 is 5.97 Å². The predicted molar refractivity (Wildman–Crippen MR) is 142 cm³/mol. The summed E-state index contributed by atoms with van der Waals surface area (Å²) in [6.07, 6.45) is 6.82. The molecule has 0 radical (unpaired) electrons. The van der Waals surface area contributed by atoms with Crippen molar-refractivity contribution in [3.8, 4) is 0 Å². The zero-order chi connectivity index (χ0) is 26.0. The minimum atomic E-state index is -2.83. The number of piperidine rings is 1. The summed E-state index contributed by atoms with van der Waals surface area (Å²) in [6.45, 7) is 6.50. The molecule has 3 aliphatic rings. The van der Waals surface area contributed by atoms with E-state index in [0.29, 0.717) is 30.1 Å². The van der Waals surface area contributed by atoms with Crippen LogP contribution < -0.4 is 0 Å². The largest absolute Gasteiger partial charge is 0.480 e. The summed E-state index contributed by atoms with van der Waals surface area (Å²) in [5.74, 6) is -1.94. The van der Waals surface area contributed by atoms with Crippen molar-refractivity contribution in [3.05, 3.63) is 52.0 Å². The Morgan fingerprint density at radius 2 is 1.97 bits per heavy atom. The van der Waals surface area contributed by atoms with Gasteiger partial charge in [-0.25, -0.2) is 4.98 Å². The lowest BCUT2D eigenvalue weighted by molar-refractivity contribution is -0.143. The second-order valence-electron chi connectivity index (χ2n) is 11.6. The Hall–Kier alpha value is -1.90. The molecule has 2 saturated heterocycles. The van der Waals surface area contributed by atoms with Gasteiger partial charge in [-0.15, -0.1) is 11.3 Å². The molecule has 2 aliphatic heterocycles. The fourth-order valence-electron chi connectivity index (χ4n) is 6.38. The van der Waals surface area contributed by atoms with Gasteiger partial charge in [0.15, 0.2) is 5.01 Å². The molecule has 1 aromatic carbocycles.